The second-order valence-corrected chi connectivity index (χ2v) is 6.52. The van der Waals surface area contributed by atoms with E-state index in [1.165, 1.54) is 6.42 Å². The maximum atomic E-state index is 6.22. The molecular formula is C15H24ClN3. The Kier molecular flexibility index (Phi) is 4.69. The summed E-state index contributed by atoms with van der Waals surface area (Å²) in [5.74, 6) is 1.06. The quantitative estimate of drug-likeness (QED) is 0.838. The summed E-state index contributed by atoms with van der Waals surface area (Å²) in [6.45, 7) is 10.7. The van der Waals surface area contributed by atoms with E-state index in [1.807, 2.05) is 12.1 Å². The van der Waals surface area contributed by atoms with Crippen LogP contribution in [0.2, 0.25) is 5.02 Å². The predicted molar refractivity (Wildman–Crippen MR) is 81.9 cm³/mol. The van der Waals surface area contributed by atoms with Crippen LogP contribution in [0.25, 0.3) is 0 Å². The molecule has 0 unspecified atom stereocenters. The molecule has 1 aromatic heterocycles. The van der Waals surface area contributed by atoms with Crippen LogP contribution in [0.3, 0.4) is 0 Å². The summed E-state index contributed by atoms with van der Waals surface area (Å²) in [6.07, 6.45) is 2.35. The summed E-state index contributed by atoms with van der Waals surface area (Å²) < 4.78 is 0. The average Bonchev–Trinajstić information content (AvgIpc) is 2.72. The topological polar surface area (TPSA) is 28.2 Å². The molecule has 1 aliphatic rings. The van der Waals surface area contributed by atoms with Crippen molar-refractivity contribution in [2.24, 2.45) is 5.41 Å². The number of rotatable bonds is 5. The lowest BCUT2D eigenvalue weighted by Gasteiger charge is -2.21. The van der Waals surface area contributed by atoms with Gasteiger partial charge in [-0.25, -0.2) is 4.98 Å². The third kappa shape index (κ3) is 3.83. The lowest BCUT2D eigenvalue weighted by Crippen LogP contribution is -2.24. The zero-order valence-electron chi connectivity index (χ0n) is 12.2. The summed E-state index contributed by atoms with van der Waals surface area (Å²) >= 11 is 6.22. The van der Waals surface area contributed by atoms with Gasteiger partial charge in [0.05, 0.1) is 10.7 Å². The fraction of sp³-hybridized carbons (Fsp3) is 0.667. The smallest absolute Gasteiger partial charge is 0.128 e. The molecule has 2 heterocycles. The van der Waals surface area contributed by atoms with Gasteiger partial charge in [-0.3, -0.25) is 0 Å². The summed E-state index contributed by atoms with van der Waals surface area (Å²) in [5.41, 5.74) is 1.35. The van der Waals surface area contributed by atoms with E-state index >= 15 is 0 Å². The standard InChI is InChI=1S/C15H24ClN3/c1-4-8-17-10-13-12(16)5-6-14(18-13)19-9-7-15(2,3)11-19/h5-6,17H,4,7-11H2,1-3H3. The van der Waals surface area contributed by atoms with E-state index in [0.717, 1.165) is 49.1 Å². The van der Waals surface area contributed by atoms with Crippen LogP contribution in [-0.4, -0.2) is 24.6 Å². The van der Waals surface area contributed by atoms with Crippen molar-refractivity contribution in [3.8, 4) is 0 Å². The van der Waals surface area contributed by atoms with E-state index < -0.39 is 0 Å². The van der Waals surface area contributed by atoms with Gasteiger partial charge in [-0.2, -0.15) is 0 Å². The molecule has 1 N–H and O–H groups in total. The monoisotopic (exact) mass is 281 g/mol. The Morgan fingerprint density at radius 2 is 2.21 bits per heavy atom. The van der Waals surface area contributed by atoms with Gasteiger partial charge in [-0.05, 0) is 36.9 Å². The van der Waals surface area contributed by atoms with Crippen molar-refractivity contribution in [1.29, 1.82) is 0 Å². The molecule has 1 saturated heterocycles. The Hall–Kier alpha value is -0.800. The zero-order valence-corrected chi connectivity index (χ0v) is 12.9. The molecule has 4 heteroatoms. The molecule has 0 saturated carbocycles. The van der Waals surface area contributed by atoms with Crippen LogP contribution in [0.5, 0.6) is 0 Å². The molecule has 2 rings (SSSR count). The molecule has 0 atom stereocenters. The Labute approximate surface area is 121 Å². The van der Waals surface area contributed by atoms with Gasteiger partial charge in [-0.15, -0.1) is 0 Å². The molecule has 0 radical (unpaired) electrons. The first-order valence-corrected chi connectivity index (χ1v) is 7.51. The summed E-state index contributed by atoms with van der Waals surface area (Å²) in [5, 5.41) is 4.12. The van der Waals surface area contributed by atoms with Gasteiger partial charge in [0.1, 0.15) is 5.82 Å². The van der Waals surface area contributed by atoms with Gasteiger partial charge in [0.25, 0.3) is 0 Å². The molecule has 3 nitrogen and oxygen atoms in total. The average molecular weight is 282 g/mol. The summed E-state index contributed by atoms with van der Waals surface area (Å²) in [4.78, 5) is 7.08. The maximum Gasteiger partial charge on any atom is 0.128 e. The summed E-state index contributed by atoms with van der Waals surface area (Å²) in [6, 6.07) is 4.01. The van der Waals surface area contributed by atoms with Crippen LogP contribution in [-0.2, 0) is 6.54 Å². The molecule has 1 aromatic rings. The number of aromatic nitrogens is 1. The number of halogens is 1. The fourth-order valence-electron chi connectivity index (χ4n) is 2.46. The molecule has 0 aromatic carbocycles. The van der Waals surface area contributed by atoms with E-state index in [-0.39, 0.29) is 0 Å². The number of hydrogen-bond acceptors (Lipinski definition) is 3. The van der Waals surface area contributed by atoms with Crippen molar-refractivity contribution in [3.63, 3.8) is 0 Å². The lowest BCUT2D eigenvalue weighted by atomic mass is 9.93. The minimum Gasteiger partial charge on any atom is -0.356 e. The lowest BCUT2D eigenvalue weighted by molar-refractivity contribution is 0.418. The highest BCUT2D eigenvalue weighted by molar-refractivity contribution is 6.31. The number of pyridine rings is 1. The fourth-order valence-corrected chi connectivity index (χ4v) is 2.64. The minimum atomic E-state index is 0.391. The molecular weight excluding hydrogens is 258 g/mol. The predicted octanol–water partition coefficient (Wildman–Crippen LogP) is 3.47. The zero-order chi connectivity index (χ0) is 13.9. The molecule has 19 heavy (non-hydrogen) atoms. The van der Waals surface area contributed by atoms with Gasteiger partial charge in [0, 0.05) is 19.6 Å². The number of hydrogen-bond donors (Lipinski definition) is 1. The number of nitrogens with zero attached hydrogens (tertiary/aromatic N) is 2. The Morgan fingerprint density at radius 3 is 2.84 bits per heavy atom. The number of anilines is 1. The van der Waals surface area contributed by atoms with Crippen molar-refractivity contribution < 1.29 is 0 Å². The van der Waals surface area contributed by atoms with Crippen LogP contribution in [0, 0.1) is 5.41 Å². The molecule has 0 spiro atoms. The van der Waals surface area contributed by atoms with E-state index in [2.05, 4.69) is 31.0 Å². The van der Waals surface area contributed by atoms with Crippen LogP contribution < -0.4 is 10.2 Å². The summed E-state index contributed by atoms with van der Waals surface area (Å²) in [7, 11) is 0. The first-order chi connectivity index (χ1) is 9.02. The van der Waals surface area contributed by atoms with Gasteiger partial charge in [-0.1, -0.05) is 32.4 Å². The van der Waals surface area contributed by atoms with Gasteiger partial charge in [0.15, 0.2) is 0 Å². The van der Waals surface area contributed by atoms with Crippen molar-refractivity contribution in [1.82, 2.24) is 10.3 Å². The van der Waals surface area contributed by atoms with Crippen LogP contribution in [0.4, 0.5) is 5.82 Å². The maximum absolute atomic E-state index is 6.22. The van der Waals surface area contributed by atoms with Gasteiger partial charge >= 0.3 is 0 Å². The van der Waals surface area contributed by atoms with Gasteiger partial charge in [0.2, 0.25) is 0 Å². The van der Waals surface area contributed by atoms with Crippen LogP contribution in [0.1, 0.15) is 39.3 Å². The largest absolute Gasteiger partial charge is 0.356 e. The highest BCUT2D eigenvalue weighted by Gasteiger charge is 2.30. The normalized spacial score (nSPS) is 18.0. The van der Waals surface area contributed by atoms with E-state index in [0.29, 0.717) is 5.41 Å². The molecule has 1 fully saturated rings. The molecule has 0 amide bonds. The van der Waals surface area contributed by atoms with Crippen LogP contribution >= 0.6 is 11.6 Å². The number of nitrogens with one attached hydrogen (secondary N) is 1. The van der Waals surface area contributed by atoms with Crippen molar-refractivity contribution in [2.75, 3.05) is 24.5 Å². The Balaban J connectivity index is 2.08. The Morgan fingerprint density at radius 1 is 1.42 bits per heavy atom. The van der Waals surface area contributed by atoms with Gasteiger partial charge < -0.3 is 10.2 Å². The van der Waals surface area contributed by atoms with E-state index in [1.54, 1.807) is 0 Å². The molecule has 0 aliphatic carbocycles. The molecule has 106 valence electrons. The highest BCUT2D eigenvalue weighted by atomic mass is 35.5. The van der Waals surface area contributed by atoms with Crippen LogP contribution in [0.15, 0.2) is 12.1 Å². The SMILES string of the molecule is CCCNCc1nc(N2CCC(C)(C)C2)ccc1Cl. The first kappa shape index (κ1) is 14.6. The molecule has 0 bridgehead atoms. The highest BCUT2D eigenvalue weighted by Crippen LogP contribution is 2.32. The van der Waals surface area contributed by atoms with Crippen molar-refractivity contribution >= 4 is 17.4 Å². The van der Waals surface area contributed by atoms with Crippen molar-refractivity contribution in [2.45, 2.75) is 40.2 Å². The van der Waals surface area contributed by atoms with Crippen molar-refractivity contribution in [3.05, 3.63) is 22.8 Å². The minimum absolute atomic E-state index is 0.391. The second kappa shape index (κ2) is 6.10. The second-order valence-electron chi connectivity index (χ2n) is 6.11. The van der Waals surface area contributed by atoms with E-state index in [4.69, 9.17) is 16.6 Å². The first-order valence-electron chi connectivity index (χ1n) is 7.13. The van der Waals surface area contributed by atoms with E-state index in [9.17, 15) is 0 Å². The Bertz CT molecular complexity index is 431. The third-order valence-corrected chi connectivity index (χ3v) is 3.97. The molecule has 1 aliphatic heterocycles. The third-order valence-electron chi connectivity index (χ3n) is 3.62.